The van der Waals surface area contributed by atoms with Gasteiger partial charge in [0.2, 0.25) is 5.82 Å². The first-order valence-corrected chi connectivity index (χ1v) is 6.33. The van der Waals surface area contributed by atoms with E-state index in [0.29, 0.717) is 11.7 Å². The summed E-state index contributed by atoms with van der Waals surface area (Å²) in [6.07, 6.45) is 4.39. The fraction of sp³-hybridized carbons (Fsp3) is 0.750. The van der Waals surface area contributed by atoms with Crippen LogP contribution >= 0.6 is 0 Å². The molecule has 1 aromatic rings. The minimum atomic E-state index is -0.0888. The van der Waals surface area contributed by atoms with Gasteiger partial charge in [-0.3, -0.25) is 9.89 Å². The van der Waals surface area contributed by atoms with E-state index in [2.05, 4.69) is 29.0 Å². The van der Waals surface area contributed by atoms with Crippen molar-refractivity contribution in [2.45, 2.75) is 51.5 Å². The van der Waals surface area contributed by atoms with Gasteiger partial charge in [-0.1, -0.05) is 13.3 Å². The largest absolute Gasteiger partial charge is 0.336 e. The number of nitrogens with zero attached hydrogens (tertiary/aromatic N) is 3. The summed E-state index contributed by atoms with van der Waals surface area (Å²) < 4.78 is 0. The van der Waals surface area contributed by atoms with Crippen molar-refractivity contribution in [3.8, 4) is 0 Å². The Hall–Kier alpha value is -1.39. The maximum Gasteiger partial charge on any atom is 0.293 e. The number of H-pyrrole nitrogens is 1. The lowest BCUT2D eigenvalue weighted by Crippen LogP contribution is -2.35. The zero-order chi connectivity index (χ0) is 12.4. The highest BCUT2D eigenvalue weighted by molar-refractivity contribution is 5.90. The lowest BCUT2D eigenvalue weighted by atomic mass is 10.2. The minimum absolute atomic E-state index is 0.0888. The molecule has 1 unspecified atom stereocenters. The molecule has 1 N–H and O–H groups in total. The van der Waals surface area contributed by atoms with Gasteiger partial charge in [0, 0.05) is 19.0 Å². The van der Waals surface area contributed by atoms with Crippen LogP contribution in [-0.4, -0.2) is 39.1 Å². The van der Waals surface area contributed by atoms with Gasteiger partial charge in [-0.2, -0.15) is 0 Å². The first-order valence-electron chi connectivity index (χ1n) is 6.33. The second kappa shape index (κ2) is 4.85. The van der Waals surface area contributed by atoms with Crippen molar-refractivity contribution in [3.63, 3.8) is 0 Å². The summed E-state index contributed by atoms with van der Waals surface area (Å²) in [7, 11) is 1.82. The molecule has 0 aliphatic heterocycles. The summed E-state index contributed by atoms with van der Waals surface area (Å²) in [5.74, 6) is 1.58. The molecule has 5 heteroatoms. The predicted molar refractivity (Wildman–Crippen MR) is 64.8 cm³/mol. The van der Waals surface area contributed by atoms with Crippen LogP contribution in [0.25, 0.3) is 0 Å². The molecule has 1 amide bonds. The van der Waals surface area contributed by atoms with Gasteiger partial charge in [-0.15, -0.1) is 5.10 Å². The third-order valence-corrected chi connectivity index (χ3v) is 3.35. The summed E-state index contributed by atoms with van der Waals surface area (Å²) in [6.45, 7) is 4.17. The second-order valence-electron chi connectivity index (χ2n) is 4.87. The Morgan fingerprint density at radius 3 is 2.88 bits per heavy atom. The molecule has 94 valence electrons. The lowest BCUT2D eigenvalue weighted by Gasteiger charge is -2.23. The molecule has 1 saturated carbocycles. The van der Waals surface area contributed by atoms with Gasteiger partial charge < -0.3 is 4.90 Å². The lowest BCUT2D eigenvalue weighted by molar-refractivity contribution is 0.0725. The van der Waals surface area contributed by atoms with E-state index >= 15 is 0 Å². The summed E-state index contributed by atoms with van der Waals surface area (Å²) in [5, 5.41) is 6.88. The maximum atomic E-state index is 12.1. The van der Waals surface area contributed by atoms with Crippen LogP contribution in [0.3, 0.4) is 0 Å². The molecular formula is C12H20N4O. The third-order valence-electron chi connectivity index (χ3n) is 3.35. The summed E-state index contributed by atoms with van der Waals surface area (Å²) in [5.41, 5.74) is 0. The van der Waals surface area contributed by atoms with Crippen LogP contribution in [0, 0.1) is 0 Å². The van der Waals surface area contributed by atoms with Gasteiger partial charge >= 0.3 is 0 Å². The highest BCUT2D eigenvalue weighted by Crippen LogP contribution is 2.37. The molecule has 1 aromatic heterocycles. The normalized spacial score (nSPS) is 16.9. The van der Waals surface area contributed by atoms with E-state index in [4.69, 9.17) is 0 Å². The predicted octanol–water partition coefficient (Wildman–Crippen LogP) is 1.94. The van der Waals surface area contributed by atoms with Crippen molar-refractivity contribution >= 4 is 5.91 Å². The number of carbonyl (C=O) groups excluding carboxylic acids is 1. The number of hydrogen-bond acceptors (Lipinski definition) is 3. The Kier molecular flexibility index (Phi) is 3.45. The molecule has 0 spiro atoms. The van der Waals surface area contributed by atoms with Crippen LogP contribution in [0.5, 0.6) is 0 Å². The summed E-state index contributed by atoms with van der Waals surface area (Å²) in [4.78, 5) is 18.1. The molecule has 0 radical (unpaired) electrons. The second-order valence-corrected chi connectivity index (χ2v) is 4.87. The zero-order valence-electron chi connectivity index (χ0n) is 10.7. The topological polar surface area (TPSA) is 61.9 Å². The number of amides is 1. The van der Waals surface area contributed by atoms with Gasteiger partial charge in [-0.25, -0.2) is 4.98 Å². The fourth-order valence-electron chi connectivity index (χ4n) is 1.88. The number of rotatable bonds is 5. The first kappa shape index (κ1) is 12.1. The van der Waals surface area contributed by atoms with Crippen LogP contribution in [0.2, 0.25) is 0 Å². The Bertz CT molecular complexity index is 397. The van der Waals surface area contributed by atoms with Crippen molar-refractivity contribution in [1.82, 2.24) is 20.1 Å². The van der Waals surface area contributed by atoms with Gasteiger partial charge in [-0.05, 0) is 26.2 Å². The molecule has 0 bridgehead atoms. The molecule has 0 aromatic carbocycles. The van der Waals surface area contributed by atoms with Crippen molar-refractivity contribution in [1.29, 1.82) is 0 Å². The number of hydrogen-bond donors (Lipinski definition) is 1. The van der Waals surface area contributed by atoms with Crippen LogP contribution in [0.15, 0.2) is 0 Å². The van der Waals surface area contributed by atoms with Gasteiger partial charge in [0.25, 0.3) is 5.91 Å². The monoisotopic (exact) mass is 236 g/mol. The van der Waals surface area contributed by atoms with E-state index in [-0.39, 0.29) is 11.9 Å². The Labute approximate surface area is 102 Å². The summed E-state index contributed by atoms with van der Waals surface area (Å²) in [6, 6.07) is 0.232. The van der Waals surface area contributed by atoms with Crippen LogP contribution in [0.1, 0.15) is 61.9 Å². The molecule has 1 atom stereocenters. The zero-order valence-corrected chi connectivity index (χ0v) is 10.7. The number of carbonyl (C=O) groups is 1. The van der Waals surface area contributed by atoms with Gasteiger partial charge in [0.15, 0.2) is 0 Å². The van der Waals surface area contributed by atoms with E-state index in [0.717, 1.165) is 31.5 Å². The third kappa shape index (κ3) is 2.65. The van der Waals surface area contributed by atoms with Crippen molar-refractivity contribution in [2.24, 2.45) is 0 Å². The maximum absolute atomic E-state index is 12.1. The molecular weight excluding hydrogens is 216 g/mol. The van der Waals surface area contributed by atoms with E-state index in [1.54, 1.807) is 4.90 Å². The average Bonchev–Trinajstić information content (AvgIpc) is 3.06. The van der Waals surface area contributed by atoms with Crippen molar-refractivity contribution in [3.05, 3.63) is 11.6 Å². The number of aromatic amines is 1. The van der Waals surface area contributed by atoms with Crippen LogP contribution in [0.4, 0.5) is 0 Å². The minimum Gasteiger partial charge on any atom is -0.336 e. The smallest absolute Gasteiger partial charge is 0.293 e. The molecule has 1 aliphatic carbocycles. The number of nitrogens with one attached hydrogen (secondary N) is 1. The molecule has 0 saturated heterocycles. The van der Waals surface area contributed by atoms with E-state index in [1.165, 1.54) is 0 Å². The van der Waals surface area contributed by atoms with E-state index in [9.17, 15) is 4.79 Å². The highest BCUT2D eigenvalue weighted by Gasteiger charge is 2.29. The van der Waals surface area contributed by atoms with E-state index < -0.39 is 0 Å². The van der Waals surface area contributed by atoms with Gasteiger partial charge in [0.05, 0.1) is 0 Å². The molecule has 1 heterocycles. The highest BCUT2D eigenvalue weighted by atomic mass is 16.2. The molecule has 5 nitrogen and oxygen atoms in total. The SMILES string of the molecule is CCCC(C)N(C)C(=O)c1n[nH]c(C2CC2)n1. The Morgan fingerprint density at radius 1 is 1.59 bits per heavy atom. The molecule has 2 rings (SSSR count). The van der Waals surface area contributed by atoms with Crippen molar-refractivity contribution in [2.75, 3.05) is 7.05 Å². The van der Waals surface area contributed by atoms with Gasteiger partial charge in [0.1, 0.15) is 5.82 Å². The number of aromatic nitrogens is 3. The quantitative estimate of drug-likeness (QED) is 0.849. The molecule has 1 aliphatic rings. The Balaban J connectivity index is 2.02. The standard InChI is InChI=1S/C12H20N4O/c1-4-5-8(2)16(3)12(17)11-13-10(14-15-11)9-6-7-9/h8-9H,4-7H2,1-3H3,(H,13,14,15). The van der Waals surface area contributed by atoms with Crippen LogP contribution in [-0.2, 0) is 0 Å². The Morgan fingerprint density at radius 2 is 2.29 bits per heavy atom. The van der Waals surface area contributed by atoms with Crippen LogP contribution < -0.4 is 0 Å². The summed E-state index contributed by atoms with van der Waals surface area (Å²) >= 11 is 0. The van der Waals surface area contributed by atoms with Crippen molar-refractivity contribution < 1.29 is 4.79 Å². The first-order chi connectivity index (χ1) is 8.13. The average molecular weight is 236 g/mol. The van der Waals surface area contributed by atoms with E-state index in [1.807, 2.05) is 7.05 Å². The molecule has 17 heavy (non-hydrogen) atoms. The fourth-order valence-corrected chi connectivity index (χ4v) is 1.88. The molecule has 1 fully saturated rings.